The maximum atomic E-state index is 12.4. The van der Waals surface area contributed by atoms with E-state index in [0.717, 1.165) is 31.0 Å². The van der Waals surface area contributed by atoms with Crippen LogP contribution in [-0.4, -0.2) is 28.1 Å². The molecule has 1 unspecified atom stereocenters. The summed E-state index contributed by atoms with van der Waals surface area (Å²) in [7, 11) is 0. The Labute approximate surface area is 134 Å². The van der Waals surface area contributed by atoms with Crippen molar-refractivity contribution in [2.24, 2.45) is 0 Å². The van der Waals surface area contributed by atoms with Gasteiger partial charge in [-0.05, 0) is 31.4 Å². The Morgan fingerprint density at radius 1 is 1.00 bits per heavy atom. The molecule has 114 valence electrons. The summed E-state index contributed by atoms with van der Waals surface area (Å²) in [5.41, 5.74) is 1.11. The summed E-state index contributed by atoms with van der Waals surface area (Å²) in [6, 6.07) is 7.15. The summed E-state index contributed by atoms with van der Waals surface area (Å²) < 4.78 is 0. The number of benzene rings is 1. The Bertz CT molecular complexity index is 480. The predicted octanol–water partition coefficient (Wildman–Crippen LogP) is 4.41. The van der Waals surface area contributed by atoms with Crippen molar-refractivity contribution in [3.8, 4) is 0 Å². The molecule has 4 heteroatoms. The molecule has 2 rings (SSSR count). The number of fused-ring (bicyclic) bond motifs is 1. The number of hydrogen-bond acceptors (Lipinski definition) is 2. The molecule has 1 aromatic carbocycles. The van der Waals surface area contributed by atoms with Crippen LogP contribution in [0.1, 0.15) is 66.2 Å². The molecule has 1 heterocycles. The van der Waals surface area contributed by atoms with E-state index in [1.54, 1.807) is 12.1 Å². The molecule has 1 aliphatic rings. The minimum atomic E-state index is -0.122. The van der Waals surface area contributed by atoms with Crippen LogP contribution in [0.4, 0.5) is 0 Å². The molecule has 0 saturated heterocycles. The van der Waals surface area contributed by atoms with Gasteiger partial charge in [-0.1, -0.05) is 54.2 Å². The number of amides is 2. The Morgan fingerprint density at radius 3 is 2.10 bits per heavy atom. The molecular weight excluding hydrogens is 330 g/mol. The van der Waals surface area contributed by atoms with Gasteiger partial charge in [0.1, 0.15) is 0 Å². The molecule has 0 spiro atoms. The highest BCUT2D eigenvalue weighted by Gasteiger charge is 2.38. The molecule has 2 amide bonds. The molecule has 0 aromatic heterocycles. The van der Waals surface area contributed by atoms with Crippen molar-refractivity contribution < 1.29 is 9.59 Å². The monoisotopic (exact) mass is 351 g/mol. The normalized spacial score (nSPS) is 15.4. The van der Waals surface area contributed by atoms with Gasteiger partial charge in [0.15, 0.2) is 0 Å². The van der Waals surface area contributed by atoms with E-state index in [1.807, 2.05) is 19.1 Å². The molecule has 1 aliphatic heterocycles. The summed E-state index contributed by atoms with van der Waals surface area (Å²) in [5, 5.41) is 1.04. The van der Waals surface area contributed by atoms with E-state index in [-0.39, 0.29) is 17.9 Å². The Kier molecular flexibility index (Phi) is 5.97. The molecule has 0 radical (unpaired) electrons. The summed E-state index contributed by atoms with van der Waals surface area (Å²) in [6.45, 7) is 2.05. The third-order valence-corrected chi connectivity index (χ3v) is 4.64. The van der Waals surface area contributed by atoms with Gasteiger partial charge in [-0.2, -0.15) is 0 Å². The number of carbonyl (C=O) groups excluding carboxylic acids is 2. The number of unbranched alkanes of at least 4 members (excludes halogenated alkanes) is 3. The molecule has 21 heavy (non-hydrogen) atoms. The Balaban J connectivity index is 2.00. The van der Waals surface area contributed by atoms with Gasteiger partial charge in [0.2, 0.25) is 0 Å². The first-order valence-electron chi connectivity index (χ1n) is 7.73. The first-order chi connectivity index (χ1) is 10.2. The third-order valence-electron chi connectivity index (χ3n) is 4.08. The van der Waals surface area contributed by atoms with Crippen LogP contribution in [0.15, 0.2) is 24.3 Å². The predicted molar refractivity (Wildman–Crippen MR) is 87.9 cm³/mol. The first kappa shape index (κ1) is 16.2. The van der Waals surface area contributed by atoms with Gasteiger partial charge in [-0.15, -0.1) is 0 Å². The van der Waals surface area contributed by atoms with Gasteiger partial charge in [0.05, 0.1) is 11.1 Å². The number of hydrogen-bond donors (Lipinski definition) is 0. The highest BCUT2D eigenvalue weighted by molar-refractivity contribution is 9.09. The molecule has 0 fully saturated rings. The van der Waals surface area contributed by atoms with E-state index < -0.39 is 0 Å². The highest BCUT2D eigenvalue weighted by Crippen LogP contribution is 2.27. The van der Waals surface area contributed by atoms with Crippen molar-refractivity contribution in [2.75, 3.05) is 5.33 Å². The van der Waals surface area contributed by atoms with E-state index in [4.69, 9.17) is 0 Å². The van der Waals surface area contributed by atoms with Gasteiger partial charge in [-0.25, -0.2) is 0 Å². The quantitative estimate of drug-likeness (QED) is 0.395. The molecule has 0 bridgehead atoms. The lowest BCUT2D eigenvalue weighted by Gasteiger charge is -2.25. The molecular formula is C17H22BrNO2. The van der Waals surface area contributed by atoms with E-state index in [0.29, 0.717) is 11.1 Å². The van der Waals surface area contributed by atoms with E-state index in [9.17, 15) is 9.59 Å². The molecule has 0 saturated carbocycles. The lowest BCUT2D eigenvalue weighted by Crippen LogP contribution is -2.39. The summed E-state index contributed by atoms with van der Waals surface area (Å²) in [6.07, 6.45) is 6.34. The fourth-order valence-corrected chi connectivity index (χ4v) is 3.28. The standard InChI is InChI=1S/C17H22BrNO2/c1-2-13(9-5-3-4-8-12-18)19-16(20)14-10-6-7-11-15(14)17(19)21/h6-7,10-11,13H,2-5,8-9,12H2,1H3. The van der Waals surface area contributed by atoms with Crippen LogP contribution in [0.2, 0.25) is 0 Å². The summed E-state index contributed by atoms with van der Waals surface area (Å²) in [4.78, 5) is 26.4. The molecule has 0 aliphatic carbocycles. The van der Waals surface area contributed by atoms with Gasteiger partial charge >= 0.3 is 0 Å². The fourth-order valence-electron chi connectivity index (χ4n) is 2.88. The number of halogens is 1. The zero-order valence-corrected chi connectivity index (χ0v) is 14.1. The second-order valence-electron chi connectivity index (χ2n) is 5.48. The average Bonchev–Trinajstić information content (AvgIpc) is 2.76. The van der Waals surface area contributed by atoms with Crippen LogP contribution < -0.4 is 0 Å². The van der Waals surface area contributed by atoms with Crippen molar-refractivity contribution in [2.45, 2.75) is 51.5 Å². The summed E-state index contributed by atoms with van der Waals surface area (Å²) in [5.74, 6) is -0.245. The number of carbonyl (C=O) groups is 2. The number of nitrogens with zero attached hydrogens (tertiary/aromatic N) is 1. The van der Waals surface area contributed by atoms with Crippen LogP contribution in [0.3, 0.4) is 0 Å². The topological polar surface area (TPSA) is 37.4 Å². The second-order valence-corrected chi connectivity index (χ2v) is 6.27. The second kappa shape index (κ2) is 7.74. The molecule has 3 nitrogen and oxygen atoms in total. The van der Waals surface area contributed by atoms with Crippen LogP contribution in [0.25, 0.3) is 0 Å². The third kappa shape index (κ3) is 3.54. The highest BCUT2D eigenvalue weighted by atomic mass is 79.9. The van der Waals surface area contributed by atoms with Crippen LogP contribution >= 0.6 is 15.9 Å². The van der Waals surface area contributed by atoms with E-state index >= 15 is 0 Å². The lowest BCUT2D eigenvalue weighted by molar-refractivity contribution is 0.0569. The van der Waals surface area contributed by atoms with Gasteiger partial charge in [0.25, 0.3) is 11.8 Å². The van der Waals surface area contributed by atoms with E-state index in [1.165, 1.54) is 17.7 Å². The van der Waals surface area contributed by atoms with E-state index in [2.05, 4.69) is 15.9 Å². The summed E-state index contributed by atoms with van der Waals surface area (Å²) >= 11 is 3.43. The van der Waals surface area contributed by atoms with Crippen molar-refractivity contribution in [1.82, 2.24) is 4.90 Å². The van der Waals surface area contributed by atoms with Gasteiger partial charge < -0.3 is 0 Å². The van der Waals surface area contributed by atoms with Crippen molar-refractivity contribution >= 4 is 27.7 Å². The number of imide groups is 1. The zero-order valence-electron chi connectivity index (χ0n) is 12.5. The molecule has 1 aromatic rings. The maximum absolute atomic E-state index is 12.4. The van der Waals surface area contributed by atoms with Crippen LogP contribution in [-0.2, 0) is 0 Å². The fraction of sp³-hybridized carbons (Fsp3) is 0.529. The minimum Gasteiger partial charge on any atom is -0.271 e. The smallest absolute Gasteiger partial charge is 0.261 e. The maximum Gasteiger partial charge on any atom is 0.261 e. The SMILES string of the molecule is CCC(CCCCCCBr)N1C(=O)c2ccccc2C1=O. The molecule has 1 atom stereocenters. The Morgan fingerprint density at radius 2 is 1.57 bits per heavy atom. The Hall–Kier alpha value is -1.16. The van der Waals surface area contributed by atoms with Crippen molar-refractivity contribution in [1.29, 1.82) is 0 Å². The average molecular weight is 352 g/mol. The van der Waals surface area contributed by atoms with Crippen molar-refractivity contribution in [3.05, 3.63) is 35.4 Å². The minimum absolute atomic E-state index is 0.0290. The van der Waals surface area contributed by atoms with Crippen LogP contribution in [0, 0.1) is 0 Å². The first-order valence-corrected chi connectivity index (χ1v) is 8.85. The molecule has 0 N–H and O–H groups in total. The van der Waals surface area contributed by atoms with Gasteiger partial charge in [0, 0.05) is 11.4 Å². The lowest BCUT2D eigenvalue weighted by atomic mass is 10.0. The number of alkyl halides is 1. The van der Waals surface area contributed by atoms with Crippen molar-refractivity contribution in [3.63, 3.8) is 0 Å². The van der Waals surface area contributed by atoms with Crippen LogP contribution in [0.5, 0.6) is 0 Å². The zero-order chi connectivity index (χ0) is 15.2. The number of rotatable bonds is 8. The largest absolute Gasteiger partial charge is 0.271 e. The van der Waals surface area contributed by atoms with Gasteiger partial charge in [-0.3, -0.25) is 14.5 Å².